The summed E-state index contributed by atoms with van der Waals surface area (Å²) >= 11 is 0. The van der Waals surface area contributed by atoms with E-state index in [1.807, 2.05) is 24.1 Å². The average molecular weight is 511 g/mol. The molecule has 2 atom stereocenters. The van der Waals surface area contributed by atoms with Gasteiger partial charge in [0.15, 0.2) is 0 Å². The zero-order chi connectivity index (χ0) is 27.6. The summed E-state index contributed by atoms with van der Waals surface area (Å²) in [5, 5.41) is 19.6. The van der Waals surface area contributed by atoms with Crippen molar-refractivity contribution in [1.82, 2.24) is 15.2 Å². The van der Waals surface area contributed by atoms with Gasteiger partial charge in [-0.1, -0.05) is 38.1 Å². The molecule has 0 saturated carbocycles. The molecule has 3 rings (SSSR count). The Labute approximate surface area is 221 Å². The lowest BCUT2D eigenvalue weighted by Gasteiger charge is -2.43. The molecule has 8 nitrogen and oxygen atoms in total. The van der Waals surface area contributed by atoms with E-state index in [4.69, 9.17) is 15.3 Å². The number of pyridine rings is 1. The molecule has 3 N–H and O–H groups in total. The normalized spacial score (nSPS) is 16.3. The van der Waals surface area contributed by atoms with Gasteiger partial charge in [0, 0.05) is 51.0 Å². The maximum atomic E-state index is 12.5. The molecule has 202 valence electrons. The van der Waals surface area contributed by atoms with Crippen LogP contribution in [-0.4, -0.2) is 65.0 Å². The number of likely N-dealkylation sites (tertiary alicyclic amines) is 1. The number of aromatic nitrogens is 1. The Hall–Kier alpha value is -3.26. The summed E-state index contributed by atoms with van der Waals surface area (Å²) in [6.45, 7) is 11.1. The number of ether oxygens (including phenoxy) is 1. The maximum absolute atomic E-state index is 12.5. The summed E-state index contributed by atoms with van der Waals surface area (Å²) in [4.78, 5) is 29.1. The lowest BCUT2D eigenvalue weighted by Crippen LogP contribution is -2.55. The fourth-order valence-corrected chi connectivity index (χ4v) is 4.51. The van der Waals surface area contributed by atoms with E-state index in [0.29, 0.717) is 25.2 Å². The monoisotopic (exact) mass is 510 g/mol. The molecule has 2 heterocycles. The number of aliphatic carboxylic acids is 1. The third-order valence-corrected chi connectivity index (χ3v) is 6.69. The lowest BCUT2D eigenvalue weighted by molar-refractivity contribution is -0.137. The van der Waals surface area contributed by atoms with E-state index in [2.05, 4.69) is 62.3 Å². The predicted molar refractivity (Wildman–Crippen MR) is 147 cm³/mol. The second-order valence-electron chi connectivity index (χ2n) is 10.5. The van der Waals surface area contributed by atoms with E-state index in [1.54, 1.807) is 13.3 Å². The minimum atomic E-state index is -0.945. The standard InChI is InChI=1S/C16H29N3O4.C13H13N/c1-11(23-4)9-12(15(22)18-8-6-14(20)21)19-10-16(2,3)7-5-13(19)17;1-10-5-3-6-11(2)13(10)12-7-4-8-14-9-12/h11-12,17H,5-10H2,1-4H3,(H,18,22)(H,20,21);3-9H,1-2H3. The van der Waals surface area contributed by atoms with Crippen LogP contribution in [0, 0.1) is 24.7 Å². The van der Waals surface area contributed by atoms with Crippen LogP contribution in [0.5, 0.6) is 0 Å². The van der Waals surface area contributed by atoms with Gasteiger partial charge in [-0.2, -0.15) is 0 Å². The number of nitrogens with one attached hydrogen (secondary N) is 2. The number of hydrogen-bond donors (Lipinski definition) is 3. The number of carbonyl (C=O) groups is 2. The minimum absolute atomic E-state index is 0.0421. The Morgan fingerprint density at radius 3 is 2.46 bits per heavy atom. The number of amidine groups is 1. The number of rotatable bonds is 9. The number of aryl methyl sites for hydroxylation is 2. The first-order valence-corrected chi connectivity index (χ1v) is 12.8. The summed E-state index contributed by atoms with van der Waals surface area (Å²) in [7, 11) is 1.59. The Morgan fingerprint density at radius 1 is 1.22 bits per heavy atom. The van der Waals surface area contributed by atoms with Crippen LogP contribution in [0.4, 0.5) is 0 Å². The molecule has 37 heavy (non-hydrogen) atoms. The molecule has 2 unspecified atom stereocenters. The summed E-state index contributed by atoms with van der Waals surface area (Å²) in [6, 6.07) is 9.92. The van der Waals surface area contributed by atoms with Gasteiger partial charge in [0.2, 0.25) is 5.91 Å². The van der Waals surface area contributed by atoms with Crippen LogP contribution < -0.4 is 5.32 Å². The largest absolute Gasteiger partial charge is 0.481 e. The average Bonchev–Trinajstić information content (AvgIpc) is 2.84. The Bertz CT molecular complexity index is 1030. The number of carbonyl (C=O) groups excluding carboxylic acids is 1. The van der Waals surface area contributed by atoms with Crippen molar-refractivity contribution in [2.24, 2.45) is 5.41 Å². The molecule has 0 bridgehead atoms. The van der Waals surface area contributed by atoms with Gasteiger partial charge in [0.25, 0.3) is 0 Å². The SMILES string of the molecule is COC(C)CC(C(=O)NCCC(=O)O)N1CC(C)(C)CCC1=N.Cc1cccc(C)c1-c1cccnc1. The summed E-state index contributed by atoms with van der Waals surface area (Å²) in [5.74, 6) is -0.720. The topological polar surface area (TPSA) is 116 Å². The zero-order valence-electron chi connectivity index (χ0n) is 23.0. The molecule has 2 aromatic rings. The highest BCUT2D eigenvalue weighted by molar-refractivity contribution is 5.89. The number of carboxylic acids is 1. The quantitative estimate of drug-likeness (QED) is 0.445. The third kappa shape index (κ3) is 9.28. The summed E-state index contributed by atoms with van der Waals surface area (Å²) < 4.78 is 5.28. The van der Waals surface area contributed by atoms with Crippen molar-refractivity contribution in [1.29, 1.82) is 5.41 Å². The molecular formula is C29H42N4O4. The van der Waals surface area contributed by atoms with Crippen molar-refractivity contribution >= 4 is 17.7 Å². The van der Waals surface area contributed by atoms with E-state index in [1.165, 1.54) is 22.3 Å². The molecule has 1 saturated heterocycles. The Balaban J connectivity index is 0.000000291. The van der Waals surface area contributed by atoms with Gasteiger partial charge >= 0.3 is 5.97 Å². The summed E-state index contributed by atoms with van der Waals surface area (Å²) in [5.41, 5.74) is 5.15. The molecule has 1 aromatic heterocycles. The fraction of sp³-hybridized carbons (Fsp3) is 0.517. The van der Waals surface area contributed by atoms with E-state index in [0.717, 1.165) is 6.42 Å². The second-order valence-corrected chi connectivity index (χ2v) is 10.5. The lowest BCUT2D eigenvalue weighted by atomic mass is 9.82. The highest BCUT2D eigenvalue weighted by Crippen LogP contribution is 2.31. The third-order valence-electron chi connectivity index (χ3n) is 6.69. The molecule has 0 radical (unpaired) electrons. The minimum Gasteiger partial charge on any atom is -0.481 e. The van der Waals surface area contributed by atoms with Crippen molar-refractivity contribution in [3.63, 3.8) is 0 Å². The number of hydrogen-bond acceptors (Lipinski definition) is 5. The second kappa shape index (κ2) is 13.9. The molecular weight excluding hydrogens is 468 g/mol. The molecule has 1 amide bonds. The van der Waals surface area contributed by atoms with Gasteiger partial charge in [-0.05, 0) is 55.4 Å². The van der Waals surface area contributed by atoms with Gasteiger partial charge in [-0.15, -0.1) is 0 Å². The molecule has 1 fully saturated rings. The molecule has 8 heteroatoms. The maximum Gasteiger partial charge on any atom is 0.305 e. The van der Waals surface area contributed by atoms with Crippen LogP contribution >= 0.6 is 0 Å². The molecule has 0 spiro atoms. The van der Waals surface area contributed by atoms with Gasteiger partial charge < -0.3 is 20.1 Å². The van der Waals surface area contributed by atoms with Crippen LogP contribution in [0.2, 0.25) is 0 Å². The number of nitrogens with zero attached hydrogens (tertiary/aromatic N) is 2. The predicted octanol–water partition coefficient (Wildman–Crippen LogP) is 4.84. The van der Waals surface area contributed by atoms with Crippen LogP contribution in [0.3, 0.4) is 0 Å². The first-order chi connectivity index (χ1) is 17.4. The van der Waals surface area contributed by atoms with E-state index in [-0.39, 0.29) is 30.4 Å². The number of carboxylic acid groups (broad SMARTS) is 1. The first-order valence-electron chi connectivity index (χ1n) is 12.8. The van der Waals surface area contributed by atoms with Gasteiger partial charge in [-0.3, -0.25) is 20.0 Å². The smallest absolute Gasteiger partial charge is 0.305 e. The van der Waals surface area contributed by atoms with Crippen molar-refractivity contribution in [3.8, 4) is 11.1 Å². The van der Waals surface area contributed by atoms with Crippen molar-refractivity contribution in [2.45, 2.75) is 72.4 Å². The van der Waals surface area contributed by atoms with Crippen LogP contribution in [0.1, 0.15) is 57.6 Å². The molecule has 0 aliphatic carbocycles. The van der Waals surface area contributed by atoms with Crippen LogP contribution in [-0.2, 0) is 14.3 Å². The number of amides is 1. The highest BCUT2D eigenvalue weighted by Gasteiger charge is 2.36. The molecule has 1 aliphatic heterocycles. The van der Waals surface area contributed by atoms with Gasteiger partial charge in [0.1, 0.15) is 6.04 Å². The van der Waals surface area contributed by atoms with E-state index < -0.39 is 12.0 Å². The van der Waals surface area contributed by atoms with E-state index in [9.17, 15) is 9.59 Å². The Kier molecular flexibility index (Phi) is 11.2. The number of methoxy groups -OCH3 is 1. The number of piperidine rings is 1. The summed E-state index contributed by atoms with van der Waals surface area (Å²) in [6.07, 6.45) is 5.52. The van der Waals surface area contributed by atoms with E-state index >= 15 is 0 Å². The molecule has 1 aromatic carbocycles. The molecule has 1 aliphatic rings. The zero-order valence-corrected chi connectivity index (χ0v) is 23.0. The van der Waals surface area contributed by atoms with Crippen LogP contribution in [0.25, 0.3) is 11.1 Å². The first kappa shape index (κ1) is 30.0. The van der Waals surface area contributed by atoms with Crippen molar-refractivity contribution in [3.05, 3.63) is 53.9 Å². The van der Waals surface area contributed by atoms with Gasteiger partial charge in [0.05, 0.1) is 18.4 Å². The van der Waals surface area contributed by atoms with Gasteiger partial charge in [-0.25, -0.2) is 0 Å². The highest BCUT2D eigenvalue weighted by atomic mass is 16.5. The van der Waals surface area contributed by atoms with Crippen LogP contribution in [0.15, 0.2) is 42.7 Å². The van der Waals surface area contributed by atoms with Crippen molar-refractivity contribution in [2.75, 3.05) is 20.2 Å². The Morgan fingerprint density at radius 2 is 1.89 bits per heavy atom. The fourth-order valence-electron chi connectivity index (χ4n) is 4.51. The van der Waals surface area contributed by atoms with Crippen molar-refractivity contribution < 1.29 is 19.4 Å². The number of benzene rings is 1.